The van der Waals surface area contributed by atoms with Gasteiger partial charge in [-0.3, -0.25) is 9.78 Å². The highest BCUT2D eigenvalue weighted by Gasteiger charge is 2.49. The first-order chi connectivity index (χ1) is 11.1. The fraction of sp³-hybridized carbons (Fsp3) is 0.667. The molecule has 23 heavy (non-hydrogen) atoms. The molecule has 5 nitrogen and oxygen atoms in total. The van der Waals surface area contributed by atoms with Crippen molar-refractivity contribution >= 4 is 5.91 Å². The van der Waals surface area contributed by atoms with Gasteiger partial charge in [-0.1, -0.05) is 13.0 Å². The van der Waals surface area contributed by atoms with Gasteiger partial charge in [-0.2, -0.15) is 0 Å². The van der Waals surface area contributed by atoms with Gasteiger partial charge in [0, 0.05) is 31.8 Å². The van der Waals surface area contributed by atoms with Crippen molar-refractivity contribution in [1.29, 1.82) is 0 Å². The molecule has 126 valence electrons. The van der Waals surface area contributed by atoms with Gasteiger partial charge in [0.2, 0.25) is 5.91 Å². The maximum Gasteiger partial charge on any atom is 0.222 e. The lowest BCUT2D eigenvalue weighted by molar-refractivity contribution is -0.202. The molecule has 1 atom stereocenters. The lowest BCUT2D eigenvalue weighted by Gasteiger charge is -2.53. The summed E-state index contributed by atoms with van der Waals surface area (Å²) >= 11 is 0. The molecule has 2 fully saturated rings. The average Bonchev–Trinajstić information content (AvgIpc) is 2.51. The molecular weight excluding hydrogens is 292 g/mol. The standard InChI is InChI=1S/C18H26N2O3/c1-3-4-17(21)20-12-18(13-20)8-16(5-6-23-18)22-11-15-7-14(2)9-19-10-15/h7,9-10,16H,3-6,8,11-13H2,1-2H3/t16-/m0/s1. The smallest absolute Gasteiger partial charge is 0.222 e. The molecule has 3 rings (SSSR count). The van der Waals surface area contributed by atoms with Crippen LogP contribution in [0.1, 0.15) is 43.7 Å². The van der Waals surface area contributed by atoms with Crippen LogP contribution in [0, 0.1) is 6.92 Å². The average molecular weight is 318 g/mol. The fourth-order valence-electron chi connectivity index (χ4n) is 3.45. The highest BCUT2D eigenvalue weighted by molar-refractivity contribution is 5.77. The van der Waals surface area contributed by atoms with Gasteiger partial charge in [-0.05, 0) is 30.9 Å². The second kappa shape index (κ2) is 6.97. The lowest BCUT2D eigenvalue weighted by Crippen LogP contribution is -2.67. The Kier molecular flexibility index (Phi) is 4.97. The number of likely N-dealkylation sites (tertiary alicyclic amines) is 1. The summed E-state index contributed by atoms with van der Waals surface area (Å²) in [4.78, 5) is 18.0. The van der Waals surface area contributed by atoms with E-state index < -0.39 is 0 Å². The summed E-state index contributed by atoms with van der Waals surface area (Å²) in [6.07, 6.45) is 7.24. The zero-order valence-electron chi connectivity index (χ0n) is 14.1. The van der Waals surface area contributed by atoms with E-state index in [1.807, 2.05) is 31.1 Å². The van der Waals surface area contributed by atoms with E-state index in [4.69, 9.17) is 9.47 Å². The molecule has 2 aliphatic rings. The van der Waals surface area contributed by atoms with Crippen molar-refractivity contribution in [2.45, 2.75) is 57.8 Å². The topological polar surface area (TPSA) is 51.7 Å². The van der Waals surface area contributed by atoms with E-state index in [2.05, 4.69) is 11.1 Å². The number of amides is 1. The molecule has 1 aromatic heterocycles. The van der Waals surface area contributed by atoms with Crippen LogP contribution < -0.4 is 0 Å². The Morgan fingerprint density at radius 3 is 3.04 bits per heavy atom. The van der Waals surface area contributed by atoms with Crippen molar-refractivity contribution in [3.05, 3.63) is 29.6 Å². The van der Waals surface area contributed by atoms with Crippen LogP contribution in [0.5, 0.6) is 0 Å². The minimum atomic E-state index is -0.169. The summed E-state index contributed by atoms with van der Waals surface area (Å²) in [6, 6.07) is 2.11. The SMILES string of the molecule is CCCC(=O)N1CC2(C[C@@H](OCc3cncc(C)c3)CCO2)C1. The maximum atomic E-state index is 11.9. The molecule has 3 heterocycles. The van der Waals surface area contributed by atoms with Crippen molar-refractivity contribution < 1.29 is 14.3 Å². The maximum absolute atomic E-state index is 11.9. The van der Waals surface area contributed by atoms with E-state index in [0.29, 0.717) is 19.6 Å². The molecule has 0 aliphatic carbocycles. The third kappa shape index (κ3) is 3.90. The number of pyridine rings is 1. The van der Waals surface area contributed by atoms with Gasteiger partial charge < -0.3 is 14.4 Å². The van der Waals surface area contributed by atoms with E-state index >= 15 is 0 Å². The van der Waals surface area contributed by atoms with E-state index in [-0.39, 0.29) is 17.6 Å². The van der Waals surface area contributed by atoms with Crippen LogP contribution in [0.3, 0.4) is 0 Å². The molecule has 0 unspecified atom stereocenters. The zero-order chi connectivity index (χ0) is 16.3. The van der Waals surface area contributed by atoms with Crippen LogP contribution in [0.2, 0.25) is 0 Å². The molecule has 0 saturated carbocycles. The first kappa shape index (κ1) is 16.4. The molecule has 2 aliphatic heterocycles. The van der Waals surface area contributed by atoms with Crippen molar-refractivity contribution in [1.82, 2.24) is 9.88 Å². The van der Waals surface area contributed by atoms with Gasteiger partial charge in [0.1, 0.15) is 5.60 Å². The highest BCUT2D eigenvalue weighted by Crippen LogP contribution is 2.35. The Morgan fingerprint density at radius 2 is 2.30 bits per heavy atom. The molecular formula is C18H26N2O3. The number of aromatic nitrogens is 1. The quantitative estimate of drug-likeness (QED) is 0.837. The van der Waals surface area contributed by atoms with Crippen molar-refractivity contribution in [3.63, 3.8) is 0 Å². The van der Waals surface area contributed by atoms with Crippen LogP contribution in [0.15, 0.2) is 18.5 Å². The summed E-state index contributed by atoms with van der Waals surface area (Å²) in [5, 5.41) is 0. The monoisotopic (exact) mass is 318 g/mol. The number of carbonyl (C=O) groups excluding carboxylic acids is 1. The van der Waals surface area contributed by atoms with Gasteiger partial charge in [0.05, 0.1) is 25.8 Å². The predicted octanol–water partition coefficient (Wildman–Crippen LogP) is 2.47. The highest BCUT2D eigenvalue weighted by atomic mass is 16.5. The Hall–Kier alpha value is -1.46. The Balaban J connectivity index is 1.49. The number of rotatable bonds is 5. The molecule has 2 saturated heterocycles. The van der Waals surface area contributed by atoms with Gasteiger partial charge in [0.15, 0.2) is 0 Å². The first-order valence-corrected chi connectivity index (χ1v) is 8.54. The summed E-state index contributed by atoms with van der Waals surface area (Å²) in [6.45, 7) is 6.82. The molecule has 0 radical (unpaired) electrons. The fourth-order valence-corrected chi connectivity index (χ4v) is 3.45. The molecule has 0 aromatic carbocycles. The Labute approximate surface area is 138 Å². The number of hydrogen-bond donors (Lipinski definition) is 0. The Morgan fingerprint density at radius 1 is 1.48 bits per heavy atom. The third-order valence-corrected chi connectivity index (χ3v) is 4.64. The molecule has 1 spiro atoms. The normalized spacial score (nSPS) is 22.9. The minimum absolute atomic E-state index is 0.169. The van der Waals surface area contributed by atoms with Gasteiger partial charge in [-0.15, -0.1) is 0 Å². The molecule has 0 bridgehead atoms. The molecule has 1 aromatic rings. The second-order valence-electron chi connectivity index (χ2n) is 6.83. The summed E-state index contributed by atoms with van der Waals surface area (Å²) in [5.41, 5.74) is 2.09. The summed E-state index contributed by atoms with van der Waals surface area (Å²) < 4.78 is 12.1. The molecule has 1 amide bonds. The van der Waals surface area contributed by atoms with Gasteiger partial charge >= 0.3 is 0 Å². The van der Waals surface area contributed by atoms with Crippen LogP contribution in [-0.2, 0) is 20.9 Å². The lowest BCUT2D eigenvalue weighted by atomic mass is 9.84. The van der Waals surface area contributed by atoms with E-state index in [9.17, 15) is 4.79 Å². The Bertz CT molecular complexity index is 555. The molecule has 0 N–H and O–H groups in total. The van der Waals surface area contributed by atoms with Crippen LogP contribution in [-0.4, -0.2) is 47.2 Å². The van der Waals surface area contributed by atoms with E-state index in [0.717, 1.165) is 43.5 Å². The van der Waals surface area contributed by atoms with Crippen molar-refractivity contribution in [2.24, 2.45) is 0 Å². The predicted molar refractivity (Wildman–Crippen MR) is 87.0 cm³/mol. The van der Waals surface area contributed by atoms with Crippen molar-refractivity contribution in [2.75, 3.05) is 19.7 Å². The van der Waals surface area contributed by atoms with Crippen LogP contribution in [0.25, 0.3) is 0 Å². The number of ether oxygens (including phenoxy) is 2. The molecule has 5 heteroatoms. The number of aryl methyl sites for hydroxylation is 1. The first-order valence-electron chi connectivity index (χ1n) is 8.54. The minimum Gasteiger partial charge on any atom is -0.373 e. The number of hydrogen-bond acceptors (Lipinski definition) is 4. The van der Waals surface area contributed by atoms with E-state index in [1.54, 1.807) is 0 Å². The third-order valence-electron chi connectivity index (χ3n) is 4.64. The largest absolute Gasteiger partial charge is 0.373 e. The second-order valence-corrected chi connectivity index (χ2v) is 6.83. The van der Waals surface area contributed by atoms with Crippen LogP contribution in [0.4, 0.5) is 0 Å². The van der Waals surface area contributed by atoms with E-state index in [1.165, 1.54) is 0 Å². The van der Waals surface area contributed by atoms with Crippen LogP contribution >= 0.6 is 0 Å². The van der Waals surface area contributed by atoms with Gasteiger partial charge in [0.25, 0.3) is 0 Å². The summed E-state index contributed by atoms with van der Waals surface area (Å²) in [5.74, 6) is 0.246. The number of nitrogens with zero attached hydrogens (tertiary/aromatic N) is 2. The van der Waals surface area contributed by atoms with Crippen molar-refractivity contribution in [3.8, 4) is 0 Å². The summed E-state index contributed by atoms with van der Waals surface area (Å²) in [7, 11) is 0. The zero-order valence-corrected chi connectivity index (χ0v) is 14.1. The van der Waals surface area contributed by atoms with Gasteiger partial charge in [-0.25, -0.2) is 0 Å². The number of carbonyl (C=O) groups is 1.